The molecule has 1 aromatic carbocycles. The largest absolute Gasteiger partial charge is 0.378 e. The van der Waals surface area contributed by atoms with Crippen LogP contribution < -0.4 is 4.90 Å². The SMILES string of the molecule is O=C(C1CCCN(c2ccccc2S(=O)(=O)C(F)F)C1)N1CCOCC1. The van der Waals surface area contributed by atoms with Crippen molar-refractivity contribution in [1.29, 1.82) is 0 Å². The second kappa shape index (κ2) is 7.87. The Balaban J connectivity index is 1.81. The molecule has 2 saturated heterocycles. The van der Waals surface area contributed by atoms with Crippen LogP contribution in [0.25, 0.3) is 0 Å². The first-order valence-electron chi connectivity index (χ1n) is 8.64. The molecule has 6 nitrogen and oxygen atoms in total. The molecule has 0 aromatic heterocycles. The maximum atomic E-state index is 13.0. The first-order valence-corrected chi connectivity index (χ1v) is 10.2. The Kier molecular flexibility index (Phi) is 5.76. The van der Waals surface area contributed by atoms with Gasteiger partial charge in [0.1, 0.15) is 0 Å². The number of piperidine rings is 1. The topological polar surface area (TPSA) is 66.9 Å². The molecule has 9 heteroatoms. The predicted octanol–water partition coefficient (Wildman–Crippen LogP) is 1.76. The summed E-state index contributed by atoms with van der Waals surface area (Å²) in [6.07, 6.45) is 1.40. The highest BCUT2D eigenvalue weighted by Crippen LogP contribution is 2.32. The van der Waals surface area contributed by atoms with Crippen molar-refractivity contribution in [2.75, 3.05) is 44.3 Å². The zero-order chi connectivity index (χ0) is 18.7. The number of anilines is 1. The lowest BCUT2D eigenvalue weighted by Gasteiger charge is -2.37. The fraction of sp³-hybridized carbons (Fsp3) is 0.588. The third-order valence-corrected chi connectivity index (χ3v) is 6.27. The molecule has 26 heavy (non-hydrogen) atoms. The van der Waals surface area contributed by atoms with Crippen LogP contribution in [-0.2, 0) is 19.4 Å². The van der Waals surface area contributed by atoms with E-state index in [-0.39, 0.29) is 22.4 Å². The third kappa shape index (κ3) is 3.83. The van der Waals surface area contributed by atoms with Gasteiger partial charge in [-0.05, 0) is 25.0 Å². The first-order chi connectivity index (χ1) is 12.4. The Hall–Kier alpha value is -1.74. The standard InChI is InChI=1S/C17H22F2N2O4S/c18-17(19)26(23,24)15-6-2-1-5-14(15)21-7-3-4-13(12-21)16(22)20-8-10-25-11-9-20/h1-2,5-6,13,17H,3-4,7-12H2. The minimum Gasteiger partial charge on any atom is -0.378 e. The number of sulfone groups is 1. The molecule has 2 heterocycles. The van der Waals surface area contributed by atoms with E-state index in [9.17, 15) is 22.0 Å². The molecule has 0 saturated carbocycles. The molecule has 2 fully saturated rings. The zero-order valence-electron chi connectivity index (χ0n) is 14.3. The number of morpholine rings is 1. The summed E-state index contributed by atoms with van der Waals surface area (Å²) in [5.74, 6) is -3.73. The summed E-state index contributed by atoms with van der Waals surface area (Å²) in [5, 5.41) is 0. The van der Waals surface area contributed by atoms with Crippen molar-refractivity contribution >= 4 is 21.4 Å². The van der Waals surface area contributed by atoms with Gasteiger partial charge in [0, 0.05) is 26.2 Å². The van der Waals surface area contributed by atoms with Gasteiger partial charge >= 0.3 is 5.76 Å². The lowest BCUT2D eigenvalue weighted by atomic mass is 9.96. The predicted molar refractivity (Wildman–Crippen MR) is 92.0 cm³/mol. The van der Waals surface area contributed by atoms with Gasteiger partial charge < -0.3 is 14.5 Å². The van der Waals surface area contributed by atoms with E-state index in [0.29, 0.717) is 52.2 Å². The number of alkyl halides is 2. The lowest BCUT2D eigenvalue weighted by molar-refractivity contribution is -0.139. The monoisotopic (exact) mass is 388 g/mol. The van der Waals surface area contributed by atoms with E-state index in [1.54, 1.807) is 15.9 Å². The fourth-order valence-corrected chi connectivity index (χ4v) is 4.44. The molecule has 0 N–H and O–H groups in total. The van der Waals surface area contributed by atoms with Gasteiger partial charge in [0.15, 0.2) is 0 Å². The second-order valence-electron chi connectivity index (χ2n) is 6.50. The minimum atomic E-state index is -4.70. The Bertz CT molecular complexity index is 751. The van der Waals surface area contributed by atoms with Crippen LogP contribution in [-0.4, -0.2) is 64.4 Å². The number of nitrogens with zero attached hydrogens (tertiary/aromatic N) is 2. The summed E-state index contributed by atoms with van der Waals surface area (Å²) >= 11 is 0. The summed E-state index contributed by atoms with van der Waals surface area (Å²) in [5.41, 5.74) is 0.243. The van der Waals surface area contributed by atoms with Crippen molar-refractivity contribution in [2.45, 2.75) is 23.5 Å². The van der Waals surface area contributed by atoms with Crippen molar-refractivity contribution in [3.05, 3.63) is 24.3 Å². The molecule has 1 aromatic rings. The summed E-state index contributed by atoms with van der Waals surface area (Å²) in [6.45, 7) is 2.97. The average molecular weight is 388 g/mol. The van der Waals surface area contributed by atoms with Crippen LogP contribution in [0.15, 0.2) is 29.2 Å². The molecule has 2 aliphatic heterocycles. The molecule has 1 amide bonds. The highest BCUT2D eigenvalue weighted by molar-refractivity contribution is 7.91. The van der Waals surface area contributed by atoms with Crippen molar-refractivity contribution in [2.24, 2.45) is 5.92 Å². The van der Waals surface area contributed by atoms with Crippen LogP contribution in [0.5, 0.6) is 0 Å². The van der Waals surface area contributed by atoms with Gasteiger partial charge in [-0.25, -0.2) is 8.42 Å². The van der Waals surface area contributed by atoms with Crippen molar-refractivity contribution < 1.29 is 26.7 Å². The van der Waals surface area contributed by atoms with Crippen molar-refractivity contribution in [1.82, 2.24) is 4.90 Å². The second-order valence-corrected chi connectivity index (χ2v) is 8.38. The molecule has 0 aliphatic carbocycles. The molecule has 0 bridgehead atoms. The van der Waals surface area contributed by atoms with E-state index < -0.39 is 15.6 Å². The molecular weight excluding hydrogens is 366 g/mol. The number of amides is 1. The quantitative estimate of drug-likeness (QED) is 0.786. The van der Waals surface area contributed by atoms with E-state index in [2.05, 4.69) is 0 Å². The molecule has 1 atom stereocenters. The molecule has 2 aliphatic rings. The number of halogens is 2. The number of carbonyl (C=O) groups is 1. The van der Waals surface area contributed by atoms with E-state index in [1.165, 1.54) is 18.2 Å². The summed E-state index contributed by atoms with van der Waals surface area (Å²) in [7, 11) is -4.70. The summed E-state index contributed by atoms with van der Waals surface area (Å²) < 4.78 is 55.3. The molecular formula is C17H22F2N2O4S. The minimum absolute atomic E-state index is 0.0206. The zero-order valence-corrected chi connectivity index (χ0v) is 15.1. The van der Waals surface area contributed by atoms with Crippen LogP contribution >= 0.6 is 0 Å². The Morgan fingerprint density at radius 1 is 1.15 bits per heavy atom. The Morgan fingerprint density at radius 2 is 1.85 bits per heavy atom. The van der Waals surface area contributed by atoms with Crippen LogP contribution in [0.4, 0.5) is 14.5 Å². The molecule has 0 spiro atoms. The lowest BCUT2D eigenvalue weighted by Crippen LogP contribution is -2.48. The normalized spacial score (nSPS) is 21.9. The highest BCUT2D eigenvalue weighted by atomic mass is 32.2. The third-order valence-electron chi connectivity index (χ3n) is 4.84. The number of ether oxygens (including phenoxy) is 1. The molecule has 0 radical (unpaired) electrons. The number of hydrogen-bond acceptors (Lipinski definition) is 5. The molecule has 3 rings (SSSR count). The Morgan fingerprint density at radius 3 is 2.54 bits per heavy atom. The van der Waals surface area contributed by atoms with E-state index in [4.69, 9.17) is 4.74 Å². The van der Waals surface area contributed by atoms with Crippen molar-refractivity contribution in [3.8, 4) is 0 Å². The maximum Gasteiger partial charge on any atom is 0.341 e. The van der Waals surface area contributed by atoms with Gasteiger partial charge in [-0.1, -0.05) is 12.1 Å². The van der Waals surface area contributed by atoms with Crippen LogP contribution in [0.1, 0.15) is 12.8 Å². The Labute approximate surface area is 151 Å². The number of para-hydroxylation sites is 1. The van der Waals surface area contributed by atoms with Crippen LogP contribution in [0.3, 0.4) is 0 Å². The van der Waals surface area contributed by atoms with Gasteiger partial charge in [-0.15, -0.1) is 0 Å². The first kappa shape index (κ1) is 19.0. The summed E-state index contributed by atoms with van der Waals surface area (Å²) in [6, 6.07) is 5.77. The van der Waals surface area contributed by atoms with Gasteiger partial charge in [0.25, 0.3) is 0 Å². The highest BCUT2D eigenvalue weighted by Gasteiger charge is 2.34. The molecule has 1 unspecified atom stereocenters. The maximum absolute atomic E-state index is 13.0. The van der Waals surface area contributed by atoms with Gasteiger partial charge in [0.05, 0.1) is 29.7 Å². The van der Waals surface area contributed by atoms with Crippen molar-refractivity contribution in [3.63, 3.8) is 0 Å². The molecule has 144 valence electrons. The smallest absolute Gasteiger partial charge is 0.341 e. The fourth-order valence-electron chi connectivity index (χ4n) is 3.49. The van der Waals surface area contributed by atoms with E-state index in [1.807, 2.05) is 0 Å². The van der Waals surface area contributed by atoms with E-state index in [0.717, 1.165) is 0 Å². The van der Waals surface area contributed by atoms with Gasteiger partial charge in [-0.3, -0.25) is 4.79 Å². The average Bonchev–Trinajstić information content (AvgIpc) is 2.68. The van der Waals surface area contributed by atoms with Gasteiger partial charge in [0.2, 0.25) is 15.7 Å². The number of carbonyl (C=O) groups excluding carboxylic acids is 1. The van der Waals surface area contributed by atoms with E-state index >= 15 is 0 Å². The van der Waals surface area contributed by atoms with Crippen LogP contribution in [0.2, 0.25) is 0 Å². The number of benzene rings is 1. The van der Waals surface area contributed by atoms with Crippen LogP contribution in [0, 0.1) is 5.92 Å². The van der Waals surface area contributed by atoms with Gasteiger partial charge in [-0.2, -0.15) is 8.78 Å². The number of rotatable bonds is 4. The summed E-state index contributed by atoms with van der Waals surface area (Å²) in [4.78, 5) is 15.8. The number of hydrogen-bond donors (Lipinski definition) is 0.